The lowest BCUT2D eigenvalue weighted by molar-refractivity contribution is 0.252. The van der Waals surface area contributed by atoms with Crippen LogP contribution in [0.2, 0.25) is 5.02 Å². The third kappa shape index (κ3) is 5.80. The van der Waals surface area contributed by atoms with Crippen LogP contribution in [0.4, 0.5) is 16.2 Å². The molecule has 136 valence electrons. The summed E-state index contributed by atoms with van der Waals surface area (Å²) in [5.74, 6) is 5.07. The van der Waals surface area contributed by atoms with Crippen molar-refractivity contribution in [3.8, 4) is 0 Å². The maximum atomic E-state index is 11.4. The number of ether oxygens (including phenoxy) is 1. The Balaban J connectivity index is 1.93. The van der Waals surface area contributed by atoms with E-state index in [1.54, 1.807) is 24.4 Å². The van der Waals surface area contributed by atoms with Crippen molar-refractivity contribution in [2.75, 3.05) is 10.6 Å². The summed E-state index contributed by atoms with van der Waals surface area (Å²) in [6.45, 7) is 2.03. The van der Waals surface area contributed by atoms with Gasteiger partial charge in [-0.3, -0.25) is 10.8 Å². The first-order valence-electron chi connectivity index (χ1n) is 7.75. The minimum absolute atomic E-state index is 0.0241. The summed E-state index contributed by atoms with van der Waals surface area (Å²) in [5.41, 5.74) is 5.12. The number of halogens is 1. The van der Waals surface area contributed by atoms with Crippen molar-refractivity contribution in [1.82, 2.24) is 5.43 Å². The normalized spacial score (nSPS) is 10.4. The maximum absolute atomic E-state index is 11.4. The number of nitrogens with two attached hydrogens (primary N) is 1. The molecule has 0 aliphatic carbocycles. The van der Waals surface area contributed by atoms with Gasteiger partial charge in [0.1, 0.15) is 6.61 Å². The van der Waals surface area contributed by atoms with Crippen LogP contribution in [0.1, 0.15) is 11.1 Å². The summed E-state index contributed by atoms with van der Waals surface area (Å²) >= 11 is 5.82. The van der Waals surface area contributed by atoms with E-state index in [1.165, 1.54) is 6.08 Å². The Hall–Kier alpha value is -3.03. The van der Waals surface area contributed by atoms with Crippen LogP contribution in [-0.4, -0.2) is 11.9 Å². The predicted octanol–water partition coefficient (Wildman–Crippen LogP) is 3.76. The highest BCUT2D eigenvalue weighted by molar-refractivity contribution is 6.30. The number of rotatable bonds is 6. The van der Waals surface area contributed by atoms with Crippen LogP contribution in [0.3, 0.4) is 0 Å². The zero-order chi connectivity index (χ0) is 18.9. The average Bonchev–Trinajstić information content (AvgIpc) is 2.62. The number of nitrogens with one attached hydrogen (secondary N) is 4. The molecule has 8 heteroatoms. The molecule has 2 aromatic rings. The molecule has 0 unspecified atom stereocenters. The topological polar surface area (TPSA) is 112 Å². The first-order valence-corrected chi connectivity index (χ1v) is 8.13. The molecule has 0 bridgehead atoms. The SMILES string of the molecule is Cc1cccc(NC(=O)NN)c1COC(=N)/C=C\Nc1ccc(Cl)cc1. The number of hydrogen-bond donors (Lipinski definition) is 5. The molecule has 0 spiro atoms. The Morgan fingerprint density at radius 2 is 2.00 bits per heavy atom. The molecule has 0 radical (unpaired) electrons. The number of carbonyl (C=O) groups is 1. The molecular weight excluding hydrogens is 354 g/mol. The number of hydrogen-bond acceptors (Lipinski definition) is 5. The van der Waals surface area contributed by atoms with Crippen molar-refractivity contribution in [1.29, 1.82) is 5.41 Å². The van der Waals surface area contributed by atoms with E-state index in [1.807, 2.05) is 36.6 Å². The number of urea groups is 1. The first-order chi connectivity index (χ1) is 12.5. The van der Waals surface area contributed by atoms with Gasteiger partial charge in [-0.15, -0.1) is 0 Å². The molecule has 0 aliphatic rings. The highest BCUT2D eigenvalue weighted by atomic mass is 35.5. The second-order valence-electron chi connectivity index (χ2n) is 5.34. The van der Waals surface area contributed by atoms with Gasteiger partial charge in [-0.1, -0.05) is 23.7 Å². The zero-order valence-corrected chi connectivity index (χ0v) is 14.9. The number of benzene rings is 2. The van der Waals surface area contributed by atoms with Crippen LogP contribution in [0.15, 0.2) is 54.7 Å². The van der Waals surface area contributed by atoms with Gasteiger partial charge in [-0.05, 0) is 42.8 Å². The van der Waals surface area contributed by atoms with Gasteiger partial charge in [0, 0.05) is 34.2 Å². The lowest BCUT2D eigenvalue weighted by Gasteiger charge is -2.14. The minimum Gasteiger partial charge on any atom is -0.473 e. The van der Waals surface area contributed by atoms with E-state index < -0.39 is 6.03 Å². The molecule has 7 nitrogen and oxygen atoms in total. The fourth-order valence-corrected chi connectivity index (χ4v) is 2.25. The Morgan fingerprint density at radius 3 is 2.69 bits per heavy atom. The quantitative estimate of drug-likeness (QED) is 0.174. The standard InChI is InChI=1S/C18H20ClN5O2/c1-12-3-2-4-16(23-18(25)24-21)15(12)11-26-17(20)9-10-22-14-7-5-13(19)6-8-14/h2-10,20,22H,11,21H2,1H3,(H2,23,24,25)/b10-9-,20-17?. The van der Waals surface area contributed by atoms with Crippen LogP contribution >= 0.6 is 11.6 Å². The zero-order valence-electron chi connectivity index (χ0n) is 14.2. The van der Waals surface area contributed by atoms with Crippen molar-refractivity contribution in [3.05, 3.63) is 70.9 Å². The van der Waals surface area contributed by atoms with Crippen molar-refractivity contribution < 1.29 is 9.53 Å². The third-order valence-electron chi connectivity index (χ3n) is 3.49. The molecule has 26 heavy (non-hydrogen) atoms. The third-order valence-corrected chi connectivity index (χ3v) is 3.74. The van der Waals surface area contributed by atoms with E-state index in [0.717, 1.165) is 16.8 Å². The van der Waals surface area contributed by atoms with E-state index in [0.29, 0.717) is 10.7 Å². The predicted molar refractivity (Wildman–Crippen MR) is 104 cm³/mol. The number of aryl methyl sites for hydroxylation is 1. The Labute approximate surface area is 156 Å². The molecule has 0 saturated heterocycles. The van der Waals surface area contributed by atoms with Gasteiger partial charge in [-0.2, -0.15) is 0 Å². The highest BCUT2D eigenvalue weighted by Gasteiger charge is 2.09. The van der Waals surface area contributed by atoms with Gasteiger partial charge in [0.15, 0.2) is 0 Å². The van der Waals surface area contributed by atoms with Gasteiger partial charge in [0.05, 0.1) is 0 Å². The van der Waals surface area contributed by atoms with E-state index >= 15 is 0 Å². The first kappa shape index (κ1) is 19.3. The number of hydrazine groups is 1. The molecule has 2 rings (SSSR count). The average molecular weight is 374 g/mol. The summed E-state index contributed by atoms with van der Waals surface area (Å²) in [5, 5.41) is 14.2. The lowest BCUT2D eigenvalue weighted by atomic mass is 10.1. The smallest absolute Gasteiger partial charge is 0.333 e. The van der Waals surface area contributed by atoms with Crippen LogP contribution in [0.5, 0.6) is 0 Å². The molecule has 0 fully saturated rings. The lowest BCUT2D eigenvalue weighted by Crippen LogP contribution is -2.34. The van der Waals surface area contributed by atoms with Gasteiger partial charge in [-0.25, -0.2) is 10.6 Å². The molecule has 0 heterocycles. The minimum atomic E-state index is -0.529. The van der Waals surface area contributed by atoms with Gasteiger partial charge in [0.2, 0.25) is 5.90 Å². The summed E-state index contributed by atoms with van der Waals surface area (Å²) in [7, 11) is 0. The second kappa shape index (κ2) is 9.45. The monoisotopic (exact) mass is 373 g/mol. The number of amides is 2. The summed E-state index contributed by atoms with van der Waals surface area (Å²) in [4.78, 5) is 11.4. The van der Waals surface area contributed by atoms with Crippen LogP contribution in [-0.2, 0) is 11.3 Å². The fraction of sp³-hybridized carbons (Fsp3) is 0.111. The molecule has 0 aliphatic heterocycles. The molecular formula is C18H20ClN5O2. The molecule has 6 N–H and O–H groups in total. The summed E-state index contributed by atoms with van der Waals surface area (Å²) < 4.78 is 5.45. The molecule has 2 amide bonds. The van der Waals surface area contributed by atoms with Gasteiger partial charge in [0.25, 0.3) is 0 Å². The van der Waals surface area contributed by atoms with E-state index in [9.17, 15) is 4.79 Å². The molecule has 0 saturated carbocycles. The van der Waals surface area contributed by atoms with Crippen LogP contribution < -0.4 is 21.9 Å². The van der Waals surface area contributed by atoms with Crippen molar-refractivity contribution in [2.24, 2.45) is 5.84 Å². The van der Waals surface area contributed by atoms with Gasteiger partial charge < -0.3 is 15.4 Å². The van der Waals surface area contributed by atoms with E-state index in [-0.39, 0.29) is 12.5 Å². The van der Waals surface area contributed by atoms with E-state index in [4.69, 9.17) is 27.6 Å². The molecule has 0 aromatic heterocycles. The van der Waals surface area contributed by atoms with Crippen molar-refractivity contribution >= 4 is 34.9 Å². The Bertz CT molecular complexity index is 806. The molecule has 2 aromatic carbocycles. The van der Waals surface area contributed by atoms with E-state index in [2.05, 4.69) is 10.6 Å². The Morgan fingerprint density at radius 1 is 1.27 bits per heavy atom. The fourth-order valence-electron chi connectivity index (χ4n) is 2.13. The number of anilines is 2. The maximum Gasteiger partial charge on any atom is 0.333 e. The summed E-state index contributed by atoms with van der Waals surface area (Å²) in [6, 6.07) is 12.1. The Kier molecular flexibility index (Phi) is 7.02. The van der Waals surface area contributed by atoms with Crippen molar-refractivity contribution in [3.63, 3.8) is 0 Å². The highest BCUT2D eigenvalue weighted by Crippen LogP contribution is 2.20. The van der Waals surface area contributed by atoms with Gasteiger partial charge >= 0.3 is 6.03 Å². The summed E-state index contributed by atoms with van der Waals surface area (Å²) in [6.07, 6.45) is 3.09. The largest absolute Gasteiger partial charge is 0.473 e. The van der Waals surface area contributed by atoms with Crippen molar-refractivity contribution in [2.45, 2.75) is 13.5 Å². The number of carbonyl (C=O) groups excluding carboxylic acids is 1. The second-order valence-corrected chi connectivity index (χ2v) is 5.77. The van der Waals surface area contributed by atoms with Crippen LogP contribution in [0.25, 0.3) is 0 Å². The molecule has 0 atom stereocenters. The van der Waals surface area contributed by atoms with Crippen LogP contribution in [0, 0.1) is 12.3 Å².